The minimum absolute atomic E-state index is 0.101. The van der Waals surface area contributed by atoms with Crippen molar-refractivity contribution in [3.63, 3.8) is 0 Å². The molecule has 0 aliphatic carbocycles. The second-order valence-corrected chi connectivity index (χ2v) is 7.55. The fourth-order valence-electron chi connectivity index (χ4n) is 3.07. The molecule has 36 heavy (non-hydrogen) atoms. The monoisotopic (exact) mass is 506 g/mol. The zero-order chi connectivity index (χ0) is 26.8. The SMILES string of the molecule is CCOC(=O)C(NC(=O)[C@H](C)NC(=O)[C@H](Cc1ccccc1)NC(=O)CN)n1cc(F)c(=O)[nH]c1=O. The third-order valence-corrected chi connectivity index (χ3v) is 4.86. The van der Waals surface area contributed by atoms with Crippen molar-refractivity contribution >= 4 is 23.7 Å². The van der Waals surface area contributed by atoms with E-state index in [2.05, 4.69) is 16.0 Å². The number of nitrogens with two attached hydrogens (primary N) is 1. The van der Waals surface area contributed by atoms with Crippen LogP contribution in [0.5, 0.6) is 0 Å². The molecule has 13 nitrogen and oxygen atoms in total. The van der Waals surface area contributed by atoms with Gasteiger partial charge in [-0.05, 0) is 19.4 Å². The van der Waals surface area contributed by atoms with Crippen LogP contribution < -0.4 is 32.9 Å². The zero-order valence-electron chi connectivity index (χ0n) is 19.6. The number of hydrogen-bond acceptors (Lipinski definition) is 8. The van der Waals surface area contributed by atoms with E-state index < -0.39 is 59.0 Å². The van der Waals surface area contributed by atoms with Gasteiger partial charge in [-0.3, -0.25) is 28.7 Å². The van der Waals surface area contributed by atoms with Gasteiger partial charge in [-0.15, -0.1) is 0 Å². The first kappa shape index (κ1) is 27.9. The molecular formula is C22H27FN6O7. The molecule has 0 spiro atoms. The van der Waals surface area contributed by atoms with Crippen molar-refractivity contribution in [1.29, 1.82) is 0 Å². The quantitative estimate of drug-likeness (QED) is 0.217. The second kappa shape index (κ2) is 12.9. The van der Waals surface area contributed by atoms with Crippen molar-refractivity contribution in [2.75, 3.05) is 13.2 Å². The number of carbonyl (C=O) groups excluding carboxylic acids is 4. The highest BCUT2D eigenvalue weighted by molar-refractivity contribution is 5.93. The Hall–Kier alpha value is -4.33. The van der Waals surface area contributed by atoms with Crippen molar-refractivity contribution < 1.29 is 28.3 Å². The fourth-order valence-corrected chi connectivity index (χ4v) is 3.07. The molecule has 0 radical (unpaired) electrons. The Labute approximate surface area is 204 Å². The molecule has 0 saturated heterocycles. The highest BCUT2D eigenvalue weighted by atomic mass is 19.1. The number of rotatable bonds is 11. The van der Waals surface area contributed by atoms with E-state index in [0.717, 1.165) is 5.56 Å². The number of nitrogens with zero attached hydrogens (tertiary/aromatic N) is 1. The van der Waals surface area contributed by atoms with E-state index in [4.69, 9.17) is 10.5 Å². The van der Waals surface area contributed by atoms with Crippen LogP contribution in [0.15, 0.2) is 46.1 Å². The average Bonchev–Trinajstić information content (AvgIpc) is 2.84. The number of aromatic nitrogens is 2. The van der Waals surface area contributed by atoms with Gasteiger partial charge in [-0.1, -0.05) is 30.3 Å². The molecule has 0 saturated carbocycles. The maximum atomic E-state index is 13.8. The Morgan fingerprint density at radius 2 is 1.75 bits per heavy atom. The minimum Gasteiger partial charge on any atom is -0.463 e. The molecule has 0 aliphatic heterocycles. The predicted molar refractivity (Wildman–Crippen MR) is 124 cm³/mol. The molecule has 14 heteroatoms. The molecule has 3 amide bonds. The summed E-state index contributed by atoms with van der Waals surface area (Å²) in [7, 11) is 0. The molecule has 3 atom stereocenters. The van der Waals surface area contributed by atoms with E-state index >= 15 is 0 Å². The first-order valence-electron chi connectivity index (χ1n) is 10.9. The van der Waals surface area contributed by atoms with Gasteiger partial charge in [-0.2, -0.15) is 4.39 Å². The molecule has 0 fully saturated rings. The molecule has 6 N–H and O–H groups in total. The molecule has 1 unspecified atom stereocenters. The number of hydrogen-bond donors (Lipinski definition) is 5. The maximum Gasteiger partial charge on any atom is 0.350 e. The van der Waals surface area contributed by atoms with Crippen molar-refractivity contribution in [2.45, 2.75) is 38.5 Å². The van der Waals surface area contributed by atoms with E-state index in [0.29, 0.717) is 10.8 Å². The Bertz CT molecular complexity index is 1210. The molecule has 1 heterocycles. The average molecular weight is 506 g/mol. The topological polar surface area (TPSA) is 194 Å². The summed E-state index contributed by atoms with van der Waals surface area (Å²) in [5.41, 5.74) is 3.57. The molecule has 1 aromatic carbocycles. The Balaban J connectivity index is 2.21. The van der Waals surface area contributed by atoms with Crippen LogP contribution >= 0.6 is 0 Å². The van der Waals surface area contributed by atoms with Gasteiger partial charge in [0, 0.05) is 6.42 Å². The molecule has 194 valence electrons. The number of esters is 1. The zero-order valence-corrected chi connectivity index (χ0v) is 19.6. The summed E-state index contributed by atoms with van der Waals surface area (Å²) >= 11 is 0. The van der Waals surface area contributed by atoms with Crippen LogP contribution in [0.3, 0.4) is 0 Å². The molecule has 2 aromatic rings. The number of H-pyrrole nitrogens is 1. The number of benzene rings is 1. The summed E-state index contributed by atoms with van der Waals surface area (Å²) in [6.07, 6.45) is -1.29. The van der Waals surface area contributed by atoms with Gasteiger partial charge in [0.1, 0.15) is 12.1 Å². The summed E-state index contributed by atoms with van der Waals surface area (Å²) in [4.78, 5) is 75.0. The van der Waals surface area contributed by atoms with Crippen molar-refractivity contribution in [2.24, 2.45) is 5.73 Å². The first-order valence-corrected chi connectivity index (χ1v) is 10.9. The van der Waals surface area contributed by atoms with Gasteiger partial charge in [0.05, 0.1) is 19.3 Å². The highest BCUT2D eigenvalue weighted by Gasteiger charge is 2.30. The smallest absolute Gasteiger partial charge is 0.350 e. The number of carbonyl (C=O) groups is 4. The third-order valence-electron chi connectivity index (χ3n) is 4.86. The van der Waals surface area contributed by atoms with E-state index in [1.807, 2.05) is 0 Å². The largest absolute Gasteiger partial charge is 0.463 e. The van der Waals surface area contributed by atoms with Gasteiger partial charge >= 0.3 is 11.7 Å². The van der Waals surface area contributed by atoms with Crippen LogP contribution in [-0.4, -0.2) is 58.5 Å². The molecule has 0 aliphatic rings. The Kier molecular flexibility index (Phi) is 10.0. The van der Waals surface area contributed by atoms with E-state index in [1.54, 1.807) is 35.3 Å². The van der Waals surface area contributed by atoms with Crippen LogP contribution in [0, 0.1) is 5.82 Å². The van der Waals surface area contributed by atoms with Gasteiger partial charge in [0.2, 0.25) is 29.7 Å². The normalized spacial score (nSPS) is 13.1. The Morgan fingerprint density at radius 1 is 1.08 bits per heavy atom. The van der Waals surface area contributed by atoms with Crippen LogP contribution in [0.4, 0.5) is 4.39 Å². The van der Waals surface area contributed by atoms with Crippen LogP contribution in [0.1, 0.15) is 25.6 Å². The number of halogens is 1. The van der Waals surface area contributed by atoms with E-state index in [-0.39, 0.29) is 19.6 Å². The lowest BCUT2D eigenvalue weighted by molar-refractivity contribution is -0.150. The minimum atomic E-state index is -1.84. The Morgan fingerprint density at radius 3 is 2.36 bits per heavy atom. The van der Waals surface area contributed by atoms with Gasteiger partial charge < -0.3 is 26.4 Å². The van der Waals surface area contributed by atoms with Gasteiger partial charge in [-0.25, -0.2) is 9.59 Å². The van der Waals surface area contributed by atoms with Crippen molar-refractivity contribution in [3.05, 3.63) is 68.7 Å². The van der Waals surface area contributed by atoms with Gasteiger partial charge in [0.15, 0.2) is 0 Å². The molecule has 1 aromatic heterocycles. The summed E-state index contributed by atoms with van der Waals surface area (Å²) in [6, 6.07) is 6.43. The lowest BCUT2D eigenvalue weighted by Gasteiger charge is -2.24. The predicted octanol–water partition coefficient (Wildman–Crippen LogP) is -1.96. The standard InChI is InChI=1S/C22H27FN6O7/c1-3-36-21(34)17(29-11-14(23)19(32)28-22(29)35)27-18(31)12(2)25-20(33)15(26-16(30)10-24)9-13-7-5-4-6-8-13/h4-8,11-12,15,17H,3,9-10,24H2,1-2H3,(H,25,33)(H,26,30)(H,27,31)(H,28,32,35)/t12-,15-,17?/m0/s1. The summed E-state index contributed by atoms with van der Waals surface area (Å²) < 4.78 is 19.0. The van der Waals surface area contributed by atoms with Crippen LogP contribution in [0.2, 0.25) is 0 Å². The summed E-state index contributed by atoms with van der Waals surface area (Å²) in [6.45, 7) is 2.27. The van der Waals surface area contributed by atoms with Gasteiger partial charge in [0.25, 0.3) is 5.56 Å². The molecule has 0 bridgehead atoms. The van der Waals surface area contributed by atoms with E-state index in [1.165, 1.54) is 13.8 Å². The third kappa shape index (κ3) is 7.59. The number of nitrogens with one attached hydrogen (secondary N) is 4. The first-order chi connectivity index (χ1) is 17.1. The highest BCUT2D eigenvalue weighted by Crippen LogP contribution is 2.06. The summed E-state index contributed by atoms with van der Waals surface area (Å²) in [5, 5.41) is 7.08. The molecular weight excluding hydrogens is 479 g/mol. The second-order valence-electron chi connectivity index (χ2n) is 7.55. The lowest BCUT2D eigenvalue weighted by Crippen LogP contribution is -2.55. The van der Waals surface area contributed by atoms with Crippen molar-refractivity contribution in [3.8, 4) is 0 Å². The maximum absolute atomic E-state index is 13.8. The molecule has 2 rings (SSSR count). The number of ether oxygens (including phenoxy) is 1. The summed E-state index contributed by atoms with van der Waals surface area (Å²) in [5.74, 6) is -4.74. The number of amides is 3. The fraction of sp³-hybridized carbons (Fsp3) is 0.364. The van der Waals surface area contributed by atoms with Crippen LogP contribution in [0.25, 0.3) is 0 Å². The van der Waals surface area contributed by atoms with E-state index in [9.17, 15) is 33.2 Å². The van der Waals surface area contributed by atoms with Crippen molar-refractivity contribution in [1.82, 2.24) is 25.5 Å². The lowest BCUT2D eigenvalue weighted by atomic mass is 10.0. The van der Waals surface area contributed by atoms with Crippen LogP contribution in [-0.2, 0) is 30.3 Å². The number of aromatic amines is 1.